The molecule has 0 aliphatic carbocycles. The van der Waals surface area contributed by atoms with Crippen LogP contribution in [0.3, 0.4) is 0 Å². The van der Waals surface area contributed by atoms with E-state index >= 15 is 0 Å². The molecule has 0 radical (unpaired) electrons. The highest BCUT2D eigenvalue weighted by molar-refractivity contribution is 5.92. The average molecular weight is 172 g/mol. The Morgan fingerprint density at radius 2 is 2.00 bits per heavy atom. The molecule has 0 aliphatic rings. The third kappa shape index (κ3) is 2.46. The molecule has 1 aromatic rings. The first-order valence-corrected chi connectivity index (χ1v) is 3.70. The molecular weight excluding hydrogens is 164 g/mol. The Balaban J connectivity index is 2.89. The second kappa shape index (κ2) is 4.07. The van der Waals surface area contributed by atoms with Crippen molar-refractivity contribution in [3.05, 3.63) is 41.5 Å². The van der Waals surface area contributed by atoms with Crippen LogP contribution in [-0.4, -0.2) is 5.91 Å². The van der Waals surface area contributed by atoms with Gasteiger partial charge in [0.1, 0.15) is 0 Å². The largest absolute Gasteiger partial charge is 0.366 e. The Bertz CT molecular complexity index is 371. The summed E-state index contributed by atoms with van der Waals surface area (Å²) in [5.41, 5.74) is 6.39. The van der Waals surface area contributed by atoms with Crippen LogP contribution in [0.5, 0.6) is 0 Å². The minimum atomic E-state index is -0.448. The maximum Gasteiger partial charge on any atom is 0.248 e. The van der Waals surface area contributed by atoms with E-state index in [-0.39, 0.29) is 0 Å². The van der Waals surface area contributed by atoms with Gasteiger partial charge >= 0.3 is 0 Å². The van der Waals surface area contributed by atoms with Gasteiger partial charge in [0, 0.05) is 11.6 Å². The predicted molar refractivity (Wildman–Crippen MR) is 49.6 cm³/mol. The number of nitrogens with two attached hydrogens (primary N) is 1. The summed E-state index contributed by atoms with van der Waals surface area (Å²) >= 11 is 0. The molecule has 3 nitrogen and oxygen atoms in total. The van der Waals surface area contributed by atoms with Crippen LogP contribution in [0.25, 0.3) is 6.08 Å². The topological polar surface area (TPSA) is 66.9 Å². The first-order chi connectivity index (χ1) is 6.24. The number of primary amides is 1. The van der Waals surface area contributed by atoms with Crippen LogP contribution in [0.2, 0.25) is 0 Å². The average Bonchev–Trinajstić information content (AvgIpc) is 2.15. The van der Waals surface area contributed by atoms with Gasteiger partial charge in [-0.05, 0) is 23.8 Å². The van der Waals surface area contributed by atoms with E-state index < -0.39 is 5.91 Å². The number of nitrogens with zero attached hydrogens (tertiary/aromatic N) is 1. The number of nitriles is 1. The molecule has 3 heteroatoms. The van der Waals surface area contributed by atoms with Crippen molar-refractivity contribution in [3.8, 4) is 6.07 Å². The molecule has 0 aliphatic heterocycles. The van der Waals surface area contributed by atoms with Gasteiger partial charge in [0.15, 0.2) is 0 Å². The van der Waals surface area contributed by atoms with Crippen molar-refractivity contribution in [3.63, 3.8) is 0 Å². The van der Waals surface area contributed by atoms with E-state index in [2.05, 4.69) is 0 Å². The van der Waals surface area contributed by atoms with Gasteiger partial charge in [-0.25, -0.2) is 0 Å². The molecule has 1 aromatic carbocycles. The van der Waals surface area contributed by atoms with Gasteiger partial charge in [-0.15, -0.1) is 0 Å². The summed E-state index contributed by atoms with van der Waals surface area (Å²) in [5, 5.41) is 8.26. The lowest BCUT2D eigenvalue weighted by atomic mass is 10.1. The van der Waals surface area contributed by atoms with Gasteiger partial charge in [-0.1, -0.05) is 12.1 Å². The van der Waals surface area contributed by atoms with E-state index in [1.807, 2.05) is 6.07 Å². The fourth-order valence-electron chi connectivity index (χ4n) is 0.892. The van der Waals surface area contributed by atoms with E-state index in [4.69, 9.17) is 11.0 Å². The normalized spacial score (nSPS) is 9.77. The van der Waals surface area contributed by atoms with Crippen LogP contribution < -0.4 is 5.73 Å². The summed E-state index contributed by atoms with van der Waals surface area (Å²) in [5.74, 6) is -0.448. The number of amides is 1. The summed E-state index contributed by atoms with van der Waals surface area (Å²) in [7, 11) is 0. The van der Waals surface area contributed by atoms with Crippen molar-refractivity contribution in [1.82, 2.24) is 0 Å². The number of allylic oxidation sites excluding steroid dienone is 1. The fourth-order valence-corrected chi connectivity index (χ4v) is 0.892. The van der Waals surface area contributed by atoms with Gasteiger partial charge in [0.05, 0.1) is 6.07 Å². The van der Waals surface area contributed by atoms with Crippen molar-refractivity contribution in [2.24, 2.45) is 5.73 Å². The van der Waals surface area contributed by atoms with Gasteiger partial charge in [-0.2, -0.15) is 5.26 Å². The third-order valence-corrected chi connectivity index (χ3v) is 1.55. The van der Waals surface area contributed by atoms with Crippen LogP contribution in [0.4, 0.5) is 0 Å². The predicted octanol–water partition coefficient (Wildman–Crippen LogP) is 1.32. The van der Waals surface area contributed by atoms with E-state index in [1.165, 1.54) is 6.08 Å². The minimum Gasteiger partial charge on any atom is -0.366 e. The Kier molecular flexibility index (Phi) is 2.82. The van der Waals surface area contributed by atoms with Gasteiger partial charge in [-0.3, -0.25) is 4.79 Å². The molecule has 0 aromatic heterocycles. The van der Waals surface area contributed by atoms with E-state index in [9.17, 15) is 4.79 Å². The Morgan fingerprint density at radius 1 is 1.38 bits per heavy atom. The summed E-state index contributed by atoms with van der Waals surface area (Å²) in [6.45, 7) is 0. The zero-order valence-electron chi connectivity index (χ0n) is 6.90. The molecule has 2 N–H and O–H groups in total. The molecule has 0 bridgehead atoms. The summed E-state index contributed by atoms with van der Waals surface area (Å²) < 4.78 is 0. The first kappa shape index (κ1) is 9.01. The molecule has 64 valence electrons. The van der Waals surface area contributed by atoms with E-state index in [0.717, 1.165) is 5.56 Å². The molecule has 1 rings (SSSR count). The van der Waals surface area contributed by atoms with E-state index in [0.29, 0.717) is 5.56 Å². The molecule has 0 heterocycles. The van der Waals surface area contributed by atoms with Gasteiger partial charge in [0.2, 0.25) is 5.91 Å². The lowest BCUT2D eigenvalue weighted by Crippen LogP contribution is -2.10. The molecule has 0 fully saturated rings. The highest BCUT2D eigenvalue weighted by Gasteiger charge is 1.97. The molecule has 0 unspecified atom stereocenters. The molecule has 13 heavy (non-hydrogen) atoms. The SMILES string of the molecule is N#C/C=C/c1ccc(C(N)=O)cc1. The van der Waals surface area contributed by atoms with Crippen molar-refractivity contribution >= 4 is 12.0 Å². The van der Waals surface area contributed by atoms with Gasteiger partial charge < -0.3 is 5.73 Å². The van der Waals surface area contributed by atoms with Crippen LogP contribution >= 0.6 is 0 Å². The number of rotatable bonds is 2. The lowest BCUT2D eigenvalue weighted by Gasteiger charge is -1.95. The second-order valence-electron chi connectivity index (χ2n) is 2.45. The monoisotopic (exact) mass is 172 g/mol. The van der Waals surface area contributed by atoms with Crippen LogP contribution in [0, 0.1) is 11.3 Å². The smallest absolute Gasteiger partial charge is 0.248 e. The minimum absolute atomic E-state index is 0.448. The maximum atomic E-state index is 10.7. The maximum absolute atomic E-state index is 10.7. The third-order valence-electron chi connectivity index (χ3n) is 1.55. The number of carbonyl (C=O) groups is 1. The Hall–Kier alpha value is -2.08. The summed E-state index contributed by atoms with van der Waals surface area (Å²) in [6.07, 6.45) is 3.03. The van der Waals surface area contributed by atoms with Crippen molar-refractivity contribution < 1.29 is 4.79 Å². The highest BCUT2D eigenvalue weighted by Crippen LogP contribution is 2.05. The summed E-state index contributed by atoms with van der Waals surface area (Å²) in [6, 6.07) is 8.59. The van der Waals surface area contributed by atoms with Crippen LogP contribution in [0.1, 0.15) is 15.9 Å². The number of benzene rings is 1. The van der Waals surface area contributed by atoms with Crippen molar-refractivity contribution in [2.45, 2.75) is 0 Å². The molecular formula is C10H8N2O. The zero-order valence-corrected chi connectivity index (χ0v) is 6.90. The molecule has 0 atom stereocenters. The van der Waals surface area contributed by atoms with Crippen LogP contribution in [0.15, 0.2) is 30.3 Å². The van der Waals surface area contributed by atoms with Gasteiger partial charge in [0.25, 0.3) is 0 Å². The number of hydrogen-bond donors (Lipinski definition) is 1. The lowest BCUT2D eigenvalue weighted by molar-refractivity contribution is 0.100. The molecule has 0 spiro atoms. The number of hydrogen-bond acceptors (Lipinski definition) is 2. The Labute approximate surface area is 76.1 Å². The second-order valence-corrected chi connectivity index (χ2v) is 2.45. The fraction of sp³-hybridized carbons (Fsp3) is 0. The Morgan fingerprint density at radius 3 is 2.46 bits per heavy atom. The molecule has 0 saturated carbocycles. The standard InChI is InChI=1S/C10H8N2O/c11-7-1-2-8-3-5-9(6-4-8)10(12)13/h1-6H,(H2,12,13)/b2-1+. The zero-order chi connectivity index (χ0) is 9.68. The van der Waals surface area contributed by atoms with Crippen molar-refractivity contribution in [2.75, 3.05) is 0 Å². The molecule has 1 amide bonds. The van der Waals surface area contributed by atoms with Crippen LogP contribution in [-0.2, 0) is 0 Å². The quantitative estimate of drug-likeness (QED) is 0.683. The van der Waals surface area contributed by atoms with E-state index in [1.54, 1.807) is 30.3 Å². The first-order valence-electron chi connectivity index (χ1n) is 3.70. The summed E-state index contributed by atoms with van der Waals surface area (Å²) in [4.78, 5) is 10.7. The highest BCUT2D eigenvalue weighted by atomic mass is 16.1. The molecule has 0 saturated heterocycles. The van der Waals surface area contributed by atoms with Crippen molar-refractivity contribution in [1.29, 1.82) is 5.26 Å². The number of carbonyl (C=O) groups excluding carboxylic acids is 1.